The van der Waals surface area contributed by atoms with Crippen LogP contribution in [0.15, 0.2) is 23.1 Å². The monoisotopic (exact) mass is 314 g/mol. The fraction of sp³-hybridized carbons (Fsp3) is 0.571. The van der Waals surface area contributed by atoms with Crippen molar-refractivity contribution in [2.75, 3.05) is 40.4 Å². The third-order valence-corrected chi connectivity index (χ3v) is 5.04. The summed E-state index contributed by atoms with van der Waals surface area (Å²) in [5.74, 6) is 0.911. The van der Waals surface area contributed by atoms with Gasteiger partial charge in [0.05, 0.1) is 19.1 Å². The molecule has 0 spiro atoms. The van der Waals surface area contributed by atoms with Crippen LogP contribution in [0.25, 0.3) is 0 Å². The third-order valence-electron chi connectivity index (χ3n) is 3.58. The van der Waals surface area contributed by atoms with Crippen LogP contribution in [0, 0.1) is 0 Å². The van der Waals surface area contributed by atoms with E-state index in [4.69, 9.17) is 9.47 Å². The lowest BCUT2D eigenvalue weighted by Gasteiger charge is -2.15. The van der Waals surface area contributed by atoms with Crippen LogP contribution in [0.3, 0.4) is 0 Å². The van der Waals surface area contributed by atoms with E-state index in [1.54, 1.807) is 6.07 Å². The maximum Gasteiger partial charge on any atom is 0.240 e. The van der Waals surface area contributed by atoms with Crippen LogP contribution in [0.2, 0.25) is 0 Å². The van der Waals surface area contributed by atoms with E-state index in [1.807, 2.05) is 0 Å². The maximum absolute atomic E-state index is 12.2. The molecule has 7 heteroatoms. The quantitative estimate of drug-likeness (QED) is 0.815. The van der Waals surface area contributed by atoms with Crippen molar-refractivity contribution in [1.29, 1.82) is 0 Å². The van der Waals surface area contributed by atoms with Gasteiger partial charge in [0.25, 0.3) is 0 Å². The SMILES string of the molecule is COc1ccc(S(=O)(=O)NCCN2CCCC2)cc1OC. The number of nitrogens with one attached hydrogen (secondary N) is 1. The molecule has 1 saturated heterocycles. The van der Waals surface area contributed by atoms with E-state index >= 15 is 0 Å². The van der Waals surface area contributed by atoms with Crippen LogP contribution in [-0.4, -0.2) is 53.7 Å². The molecule has 118 valence electrons. The first-order valence-corrected chi connectivity index (χ1v) is 8.49. The number of nitrogens with zero attached hydrogens (tertiary/aromatic N) is 1. The first-order valence-electron chi connectivity index (χ1n) is 7.01. The van der Waals surface area contributed by atoms with Crippen molar-refractivity contribution in [1.82, 2.24) is 9.62 Å². The molecule has 0 aliphatic carbocycles. The predicted octanol–water partition coefficient (Wildman–Crippen LogP) is 1.08. The van der Waals surface area contributed by atoms with Crippen molar-refractivity contribution in [3.63, 3.8) is 0 Å². The van der Waals surface area contributed by atoms with Crippen molar-refractivity contribution in [2.24, 2.45) is 0 Å². The van der Waals surface area contributed by atoms with Gasteiger partial charge < -0.3 is 14.4 Å². The average Bonchev–Trinajstić information content (AvgIpc) is 2.99. The van der Waals surface area contributed by atoms with Gasteiger partial charge in [-0.3, -0.25) is 0 Å². The number of rotatable bonds is 7. The largest absolute Gasteiger partial charge is 0.493 e. The molecule has 0 amide bonds. The second kappa shape index (κ2) is 7.11. The molecule has 0 unspecified atom stereocenters. The fourth-order valence-corrected chi connectivity index (χ4v) is 3.45. The van der Waals surface area contributed by atoms with E-state index in [0.29, 0.717) is 18.0 Å². The lowest BCUT2D eigenvalue weighted by molar-refractivity contribution is 0.344. The number of benzene rings is 1. The first kappa shape index (κ1) is 16.1. The van der Waals surface area contributed by atoms with Crippen molar-refractivity contribution in [3.8, 4) is 11.5 Å². The first-order chi connectivity index (χ1) is 10.1. The van der Waals surface area contributed by atoms with Crippen LogP contribution < -0.4 is 14.2 Å². The Kier molecular flexibility index (Phi) is 5.44. The second-order valence-electron chi connectivity index (χ2n) is 4.96. The zero-order valence-corrected chi connectivity index (χ0v) is 13.3. The van der Waals surface area contributed by atoms with Crippen molar-refractivity contribution in [3.05, 3.63) is 18.2 Å². The summed E-state index contributed by atoms with van der Waals surface area (Å²) in [5, 5.41) is 0. The molecular formula is C14H22N2O4S. The normalized spacial score (nSPS) is 16.1. The Morgan fingerprint density at radius 3 is 2.43 bits per heavy atom. The van der Waals surface area contributed by atoms with E-state index < -0.39 is 10.0 Å². The second-order valence-corrected chi connectivity index (χ2v) is 6.73. The van der Waals surface area contributed by atoms with E-state index in [9.17, 15) is 8.42 Å². The standard InChI is InChI=1S/C14H22N2O4S/c1-19-13-6-5-12(11-14(13)20-2)21(17,18)15-7-10-16-8-3-4-9-16/h5-6,11,15H,3-4,7-10H2,1-2H3. The van der Waals surface area contributed by atoms with Crippen LogP contribution in [0.1, 0.15) is 12.8 Å². The topological polar surface area (TPSA) is 67.9 Å². The molecular weight excluding hydrogens is 292 g/mol. The van der Waals surface area contributed by atoms with Gasteiger partial charge in [-0.1, -0.05) is 0 Å². The minimum atomic E-state index is -3.52. The molecule has 1 aromatic rings. The highest BCUT2D eigenvalue weighted by molar-refractivity contribution is 7.89. The molecule has 0 radical (unpaired) electrons. The number of hydrogen-bond donors (Lipinski definition) is 1. The Labute approximate surface area is 126 Å². The van der Waals surface area contributed by atoms with Gasteiger partial charge in [-0.05, 0) is 38.1 Å². The number of likely N-dealkylation sites (tertiary alicyclic amines) is 1. The summed E-state index contributed by atoms with van der Waals surface area (Å²) >= 11 is 0. The molecule has 0 saturated carbocycles. The summed E-state index contributed by atoms with van der Waals surface area (Å²) in [6.45, 7) is 3.26. The highest BCUT2D eigenvalue weighted by Crippen LogP contribution is 2.29. The molecule has 1 fully saturated rings. The molecule has 6 nitrogen and oxygen atoms in total. The van der Waals surface area contributed by atoms with E-state index in [-0.39, 0.29) is 4.90 Å². The summed E-state index contributed by atoms with van der Waals surface area (Å²) in [5.41, 5.74) is 0. The van der Waals surface area contributed by atoms with Gasteiger partial charge in [0.15, 0.2) is 11.5 Å². The fourth-order valence-electron chi connectivity index (χ4n) is 2.41. The van der Waals surface area contributed by atoms with Crippen LogP contribution in [-0.2, 0) is 10.0 Å². The van der Waals surface area contributed by atoms with Gasteiger partial charge in [-0.25, -0.2) is 13.1 Å². The van der Waals surface area contributed by atoms with Gasteiger partial charge in [-0.15, -0.1) is 0 Å². The number of methoxy groups -OCH3 is 2. The van der Waals surface area contributed by atoms with Gasteiger partial charge in [0.1, 0.15) is 0 Å². The molecule has 0 aromatic heterocycles. The third kappa shape index (κ3) is 4.09. The highest BCUT2D eigenvalue weighted by atomic mass is 32.2. The van der Waals surface area contributed by atoms with E-state index in [0.717, 1.165) is 19.6 Å². The van der Waals surface area contributed by atoms with E-state index in [1.165, 1.54) is 39.2 Å². The number of sulfonamides is 1. The summed E-state index contributed by atoms with van der Waals surface area (Å²) in [6.07, 6.45) is 2.39. The Hall–Kier alpha value is -1.31. The van der Waals surface area contributed by atoms with Gasteiger partial charge >= 0.3 is 0 Å². The van der Waals surface area contributed by atoms with Gasteiger partial charge in [0, 0.05) is 19.2 Å². The summed E-state index contributed by atoms with van der Waals surface area (Å²) in [7, 11) is -0.526. The van der Waals surface area contributed by atoms with Crippen LogP contribution in [0.4, 0.5) is 0 Å². The summed E-state index contributed by atoms with van der Waals surface area (Å²) in [4.78, 5) is 2.44. The lowest BCUT2D eigenvalue weighted by atomic mass is 10.3. The molecule has 1 aliphatic rings. The smallest absolute Gasteiger partial charge is 0.240 e. The molecule has 1 aromatic carbocycles. The highest BCUT2D eigenvalue weighted by Gasteiger charge is 2.18. The Morgan fingerprint density at radius 2 is 1.81 bits per heavy atom. The molecule has 1 N–H and O–H groups in total. The van der Waals surface area contributed by atoms with Crippen molar-refractivity contribution < 1.29 is 17.9 Å². The maximum atomic E-state index is 12.2. The molecule has 1 heterocycles. The number of hydrogen-bond acceptors (Lipinski definition) is 5. The zero-order chi connectivity index (χ0) is 15.3. The van der Waals surface area contributed by atoms with Crippen LogP contribution >= 0.6 is 0 Å². The predicted molar refractivity (Wildman–Crippen MR) is 80.4 cm³/mol. The average molecular weight is 314 g/mol. The molecule has 21 heavy (non-hydrogen) atoms. The molecule has 0 bridgehead atoms. The zero-order valence-electron chi connectivity index (χ0n) is 12.5. The number of ether oxygens (including phenoxy) is 2. The minimum absolute atomic E-state index is 0.182. The van der Waals surface area contributed by atoms with E-state index in [2.05, 4.69) is 9.62 Å². The Balaban J connectivity index is 2.01. The van der Waals surface area contributed by atoms with Crippen molar-refractivity contribution in [2.45, 2.75) is 17.7 Å². The lowest BCUT2D eigenvalue weighted by Crippen LogP contribution is -2.33. The molecule has 0 atom stereocenters. The Bertz CT molecular complexity index is 568. The Morgan fingerprint density at radius 1 is 1.14 bits per heavy atom. The van der Waals surface area contributed by atoms with Gasteiger partial charge in [0.2, 0.25) is 10.0 Å². The summed E-state index contributed by atoms with van der Waals surface area (Å²) < 4.78 is 37.4. The van der Waals surface area contributed by atoms with Crippen molar-refractivity contribution >= 4 is 10.0 Å². The summed E-state index contributed by atoms with van der Waals surface area (Å²) in [6, 6.07) is 4.57. The minimum Gasteiger partial charge on any atom is -0.493 e. The molecule has 2 rings (SSSR count). The van der Waals surface area contributed by atoms with Gasteiger partial charge in [-0.2, -0.15) is 0 Å². The molecule has 1 aliphatic heterocycles. The van der Waals surface area contributed by atoms with Crippen LogP contribution in [0.5, 0.6) is 11.5 Å².